The van der Waals surface area contributed by atoms with Crippen molar-refractivity contribution < 1.29 is 0 Å². The molecule has 128 valence electrons. The summed E-state index contributed by atoms with van der Waals surface area (Å²) in [5.41, 5.74) is 3.16. The Morgan fingerprint density at radius 2 is 2.04 bits per heavy atom. The zero-order chi connectivity index (χ0) is 18.1. The lowest BCUT2D eigenvalue weighted by Crippen LogP contribution is -2.11. The maximum atomic E-state index is 6.34. The van der Waals surface area contributed by atoms with Gasteiger partial charge in [0.2, 0.25) is 0 Å². The Morgan fingerprint density at radius 3 is 2.88 bits per heavy atom. The molecule has 0 aliphatic heterocycles. The summed E-state index contributed by atoms with van der Waals surface area (Å²) < 4.78 is 0. The molecule has 0 unspecified atom stereocenters. The largest absolute Gasteiger partial charge is 0.360 e. The van der Waals surface area contributed by atoms with Crippen LogP contribution in [0.4, 0.5) is 5.82 Å². The summed E-state index contributed by atoms with van der Waals surface area (Å²) >= 11 is 6.34. The summed E-state index contributed by atoms with van der Waals surface area (Å²) in [6.07, 6.45) is 4.99. The van der Waals surface area contributed by atoms with E-state index in [4.69, 9.17) is 16.6 Å². The maximum absolute atomic E-state index is 6.34. The molecule has 5 nitrogen and oxygen atoms in total. The molecule has 0 spiro atoms. The van der Waals surface area contributed by atoms with Crippen molar-refractivity contribution in [1.29, 1.82) is 0 Å². The van der Waals surface area contributed by atoms with Gasteiger partial charge < -0.3 is 5.32 Å². The molecule has 0 radical (unpaired) electrons. The lowest BCUT2D eigenvalue weighted by Gasteiger charge is -2.17. The van der Waals surface area contributed by atoms with E-state index in [2.05, 4.69) is 26.8 Å². The molecule has 1 aromatic carbocycles. The van der Waals surface area contributed by atoms with E-state index in [1.54, 1.807) is 12.3 Å². The molecule has 1 atom stereocenters. The zero-order valence-electron chi connectivity index (χ0n) is 14.1. The Balaban J connectivity index is 1.76. The van der Waals surface area contributed by atoms with Gasteiger partial charge in [0.15, 0.2) is 5.82 Å². The summed E-state index contributed by atoms with van der Waals surface area (Å²) in [6, 6.07) is 11.5. The number of fused-ring (bicyclic) bond motifs is 2. The number of nitrogens with zero attached hydrogens (tertiary/aromatic N) is 4. The van der Waals surface area contributed by atoms with Crippen molar-refractivity contribution in [2.45, 2.75) is 13.0 Å². The first-order chi connectivity index (χ1) is 12.7. The topological polar surface area (TPSA) is 63.6 Å². The predicted molar refractivity (Wildman–Crippen MR) is 106 cm³/mol. The number of nitrogens with one attached hydrogen (secondary N) is 1. The quantitative estimate of drug-likeness (QED) is 0.551. The van der Waals surface area contributed by atoms with Crippen LogP contribution in [0.5, 0.6) is 0 Å². The van der Waals surface area contributed by atoms with E-state index in [9.17, 15) is 0 Å². The monoisotopic (exact) mass is 361 g/mol. The molecule has 4 rings (SSSR count). The van der Waals surface area contributed by atoms with E-state index >= 15 is 0 Å². The average molecular weight is 362 g/mol. The molecule has 0 bridgehead atoms. The Bertz CT molecular complexity index is 1120. The third-order valence-electron chi connectivity index (χ3n) is 4.24. The number of hydrogen-bond acceptors (Lipinski definition) is 5. The first kappa shape index (κ1) is 16.4. The zero-order valence-corrected chi connectivity index (χ0v) is 14.9. The van der Waals surface area contributed by atoms with Crippen molar-refractivity contribution in [3.63, 3.8) is 0 Å². The van der Waals surface area contributed by atoms with Crippen molar-refractivity contribution in [3.05, 3.63) is 71.9 Å². The van der Waals surface area contributed by atoms with E-state index in [1.165, 1.54) is 6.33 Å². The number of hydrogen-bond donors (Lipinski definition) is 1. The SMILES string of the molecule is C=Cc1nc([C@H](C)Nc2ncnc3cccnc23)cc2cccc(Cl)c12. The number of anilines is 1. The molecule has 0 amide bonds. The number of benzene rings is 1. The summed E-state index contributed by atoms with van der Waals surface area (Å²) in [5, 5.41) is 5.99. The molecular weight excluding hydrogens is 346 g/mol. The van der Waals surface area contributed by atoms with Gasteiger partial charge in [-0.1, -0.05) is 30.3 Å². The number of rotatable bonds is 4. The molecule has 6 heteroatoms. The minimum Gasteiger partial charge on any atom is -0.360 e. The standard InChI is InChI=1S/C20H16ClN5/c1-3-15-18-13(6-4-7-14(18)21)10-17(26-15)12(2)25-20-19-16(23-11-24-20)8-5-9-22-19/h3-12H,1H2,2H3,(H,23,24,25)/t12-/m0/s1. The lowest BCUT2D eigenvalue weighted by molar-refractivity contribution is 0.834. The molecule has 1 N–H and O–H groups in total. The van der Waals surface area contributed by atoms with E-state index in [1.807, 2.05) is 43.3 Å². The summed E-state index contributed by atoms with van der Waals surface area (Å²) in [7, 11) is 0. The van der Waals surface area contributed by atoms with Gasteiger partial charge in [-0.2, -0.15) is 0 Å². The highest BCUT2D eigenvalue weighted by Gasteiger charge is 2.14. The van der Waals surface area contributed by atoms with Crippen LogP contribution in [-0.2, 0) is 0 Å². The Morgan fingerprint density at radius 1 is 1.15 bits per heavy atom. The van der Waals surface area contributed by atoms with Gasteiger partial charge in [0.25, 0.3) is 0 Å². The molecule has 0 saturated heterocycles. The normalized spacial score (nSPS) is 12.2. The van der Waals surface area contributed by atoms with Crippen molar-refractivity contribution in [1.82, 2.24) is 19.9 Å². The Kier molecular flexibility index (Phi) is 4.22. The van der Waals surface area contributed by atoms with Crippen LogP contribution >= 0.6 is 11.6 Å². The molecule has 0 aliphatic rings. The molecule has 0 saturated carbocycles. The van der Waals surface area contributed by atoms with Gasteiger partial charge in [-0.15, -0.1) is 0 Å². The number of aromatic nitrogens is 4. The van der Waals surface area contributed by atoms with E-state index in [0.29, 0.717) is 10.8 Å². The van der Waals surface area contributed by atoms with Crippen LogP contribution in [0, 0.1) is 0 Å². The minimum absolute atomic E-state index is 0.0859. The highest BCUT2D eigenvalue weighted by atomic mass is 35.5. The van der Waals surface area contributed by atoms with Crippen molar-refractivity contribution >= 4 is 45.3 Å². The van der Waals surface area contributed by atoms with Gasteiger partial charge in [0.05, 0.1) is 28.0 Å². The fourth-order valence-electron chi connectivity index (χ4n) is 2.97. The minimum atomic E-state index is -0.0859. The second-order valence-electron chi connectivity index (χ2n) is 5.93. The highest BCUT2D eigenvalue weighted by molar-refractivity contribution is 6.36. The van der Waals surface area contributed by atoms with Crippen LogP contribution in [0.15, 0.2) is 55.5 Å². The Hall–Kier alpha value is -3.05. The molecule has 4 aromatic rings. The van der Waals surface area contributed by atoms with Gasteiger partial charge in [0.1, 0.15) is 11.8 Å². The van der Waals surface area contributed by atoms with Crippen LogP contribution < -0.4 is 5.32 Å². The van der Waals surface area contributed by atoms with E-state index in [-0.39, 0.29) is 6.04 Å². The van der Waals surface area contributed by atoms with Crippen LogP contribution in [0.3, 0.4) is 0 Å². The first-order valence-corrected chi connectivity index (χ1v) is 8.59. The first-order valence-electron chi connectivity index (χ1n) is 8.21. The third kappa shape index (κ3) is 2.86. The second kappa shape index (κ2) is 6.69. The molecule has 3 heterocycles. The maximum Gasteiger partial charge on any atom is 0.156 e. The summed E-state index contributed by atoms with van der Waals surface area (Å²) in [6.45, 7) is 5.91. The molecule has 0 fully saturated rings. The lowest BCUT2D eigenvalue weighted by atomic mass is 10.1. The second-order valence-corrected chi connectivity index (χ2v) is 6.34. The fourth-order valence-corrected chi connectivity index (χ4v) is 3.24. The smallest absolute Gasteiger partial charge is 0.156 e. The average Bonchev–Trinajstić information content (AvgIpc) is 2.67. The fraction of sp³-hybridized carbons (Fsp3) is 0.100. The van der Waals surface area contributed by atoms with Crippen LogP contribution in [0.1, 0.15) is 24.4 Å². The molecular formula is C20H16ClN5. The summed E-state index contributed by atoms with van der Waals surface area (Å²) in [4.78, 5) is 17.7. The van der Waals surface area contributed by atoms with Gasteiger partial charge in [-0.3, -0.25) is 9.97 Å². The van der Waals surface area contributed by atoms with E-state index in [0.717, 1.165) is 33.2 Å². The van der Waals surface area contributed by atoms with Crippen LogP contribution in [-0.4, -0.2) is 19.9 Å². The molecule has 26 heavy (non-hydrogen) atoms. The third-order valence-corrected chi connectivity index (χ3v) is 4.55. The van der Waals surface area contributed by atoms with Crippen molar-refractivity contribution in [3.8, 4) is 0 Å². The molecule has 0 aliphatic carbocycles. The number of halogens is 1. The van der Waals surface area contributed by atoms with Crippen LogP contribution in [0.25, 0.3) is 27.9 Å². The van der Waals surface area contributed by atoms with Crippen LogP contribution in [0.2, 0.25) is 5.02 Å². The highest BCUT2D eigenvalue weighted by Crippen LogP contribution is 2.30. The van der Waals surface area contributed by atoms with Crippen molar-refractivity contribution in [2.24, 2.45) is 0 Å². The van der Waals surface area contributed by atoms with Crippen molar-refractivity contribution in [2.75, 3.05) is 5.32 Å². The van der Waals surface area contributed by atoms with Gasteiger partial charge >= 0.3 is 0 Å². The van der Waals surface area contributed by atoms with E-state index < -0.39 is 0 Å². The predicted octanol–water partition coefficient (Wildman–Crippen LogP) is 5.04. The number of pyridine rings is 2. The summed E-state index contributed by atoms with van der Waals surface area (Å²) in [5.74, 6) is 0.677. The van der Waals surface area contributed by atoms with Gasteiger partial charge in [-0.25, -0.2) is 9.97 Å². The van der Waals surface area contributed by atoms with Gasteiger partial charge in [0, 0.05) is 11.6 Å². The van der Waals surface area contributed by atoms with Gasteiger partial charge in [-0.05, 0) is 42.7 Å². The Labute approximate surface area is 155 Å². The molecule has 3 aromatic heterocycles.